The van der Waals surface area contributed by atoms with Crippen molar-refractivity contribution in [2.45, 2.75) is 51.6 Å². The molecule has 2 aromatic rings. The number of aromatic nitrogens is 1. The fourth-order valence-corrected chi connectivity index (χ4v) is 3.85. The zero-order valence-electron chi connectivity index (χ0n) is 13.3. The summed E-state index contributed by atoms with van der Waals surface area (Å²) in [4.78, 5) is 7.52. The molecule has 0 saturated heterocycles. The standard InChI is InChI=1S/C17H24N2S2/c1-5-15-16(11-18-12(3)4)21-17(19-15)13-7-9-14(10-8-13)20-6-2/h7-10,12,18H,5-6,11H2,1-4H3. The zero-order chi connectivity index (χ0) is 15.2. The van der Waals surface area contributed by atoms with Gasteiger partial charge in [-0.2, -0.15) is 0 Å². The summed E-state index contributed by atoms with van der Waals surface area (Å²) in [5.41, 5.74) is 2.46. The zero-order valence-corrected chi connectivity index (χ0v) is 14.9. The van der Waals surface area contributed by atoms with E-state index in [0.717, 1.165) is 23.7 Å². The van der Waals surface area contributed by atoms with Gasteiger partial charge < -0.3 is 5.32 Å². The third-order valence-corrected chi connectivity index (χ3v) is 5.24. The van der Waals surface area contributed by atoms with Crippen LogP contribution in [0.15, 0.2) is 29.2 Å². The van der Waals surface area contributed by atoms with Gasteiger partial charge in [-0.25, -0.2) is 4.98 Å². The second-order valence-electron chi connectivity index (χ2n) is 5.24. The lowest BCUT2D eigenvalue weighted by molar-refractivity contribution is 0.590. The second-order valence-corrected chi connectivity index (χ2v) is 7.66. The normalized spacial score (nSPS) is 11.3. The number of hydrogen-bond donors (Lipinski definition) is 1. The highest BCUT2D eigenvalue weighted by Crippen LogP contribution is 2.30. The van der Waals surface area contributed by atoms with Crippen molar-refractivity contribution in [3.05, 3.63) is 34.8 Å². The van der Waals surface area contributed by atoms with Crippen molar-refractivity contribution in [3.8, 4) is 10.6 Å². The molecule has 4 heteroatoms. The molecule has 0 aliphatic rings. The van der Waals surface area contributed by atoms with Crippen LogP contribution in [0, 0.1) is 0 Å². The van der Waals surface area contributed by atoms with Gasteiger partial charge in [0, 0.05) is 27.9 Å². The minimum atomic E-state index is 0.505. The van der Waals surface area contributed by atoms with Crippen molar-refractivity contribution >= 4 is 23.1 Å². The predicted molar refractivity (Wildman–Crippen MR) is 95.3 cm³/mol. The molecular formula is C17H24N2S2. The average molecular weight is 321 g/mol. The molecule has 0 spiro atoms. The summed E-state index contributed by atoms with van der Waals surface area (Å²) in [5.74, 6) is 1.11. The van der Waals surface area contributed by atoms with Gasteiger partial charge in [-0.3, -0.25) is 0 Å². The smallest absolute Gasteiger partial charge is 0.123 e. The van der Waals surface area contributed by atoms with Gasteiger partial charge in [-0.15, -0.1) is 23.1 Å². The molecule has 0 fully saturated rings. The highest BCUT2D eigenvalue weighted by molar-refractivity contribution is 7.99. The molecule has 1 N–H and O–H groups in total. The van der Waals surface area contributed by atoms with Gasteiger partial charge in [0.2, 0.25) is 0 Å². The number of thiazole rings is 1. The first kappa shape index (κ1) is 16.5. The highest BCUT2D eigenvalue weighted by Gasteiger charge is 2.11. The van der Waals surface area contributed by atoms with Crippen LogP contribution in [-0.4, -0.2) is 16.8 Å². The Hall–Kier alpha value is -0.840. The van der Waals surface area contributed by atoms with Gasteiger partial charge >= 0.3 is 0 Å². The Kier molecular flexibility index (Phi) is 6.27. The molecule has 0 aliphatic heterocycles. The second kappa shape index (κ2) is 7.97. The summed E-state index contributed by atoms with van der Waals surface area (Å²) < 4.78 is 0. The van der Waals surface area contributed by atoms with Crippen molar-refractivity contribution in [2.24, 2.45) is 0 Å². The molecule has 1 heterocycles. The summed E-state index contributed by atoms with van der Waals surface area (Å²) >= 11 is 3.69. The molecule has 0 atom stereocenters. The Morgan fingerprint density at radius 2 is 1.90 bits per heavy atom. The molecule has 1 aromatic carbocycles. The summed E-state index contributed by atoms with van der Waals surface area (Å²) in [6.45, 7) is 9.64. The van der Waals surface area contributed by atoms with Crippen molar-refractivity contribution in [3.63, 3.8) is 0 Å². The van der Waals surface area contributed by atoms with Crippen LogP contribution in [0.25, 0.3) is 10.6 Å². The fraction of sp³-hybridized carbons (Fsp3) is 0.471. The van der Waals surface area contributed by atoms with E-state index in [1.807, 2.05) is 23.1 Å². The first-order valence-electron chi connectivity index (χ1n) is 7.59. The first-order valence-corrected chi connectivity index (χ1v) is 9.39. The summed E-state index contributed by atoms with van der Waals surface area (Å²) in [7, 11) is 0. The maximum absolute atomic E-state index is 4.82. The Labute approximate surface area is 136 Å². The Morgan fingerprint density at radius 1 is 1.19 bits per heavy atom. The number of nitrogens with one attached hydrogen (secondary N) is 1. The minimum Gasteiger partial charge on any atom is -0.310 e. The topological polar surface area (TPSA) is 24.9 Å². The number of hydrogen-bond acceptors (Lipinski definition) is 4. The third-order valence-electron chi connectivity index (χ3n) is 3.20. The Balaban J connectivity index is 2.19. The molecule has 0 saturated carbocycles. The predicted octanol–water partition coefficient (Wildman–Crippen LogP) is 4.98. The van der Waals surface area contributed by atoms with Crippen LogP contribution in [-0.2, 0) is 13.0 Å². The van der Waals surface area contributed by atoms with E-state index in [9.17, 15) is 0 Å². The molecule has 0 bridgehead atoms. The van der Waals surface area contributed by atoms with Crippen LogP contribution in [0.4, 0.5) is 0 Å². The van der Waals surface area contributed by atoms with E-state index >= 15 is 0 Å². The number of thioether (sulfide) groups is 1. The maximum atomic E-state index is 4.82. The quantitative estimate of drug-likeness (QED) is 0.728. The van der Waals surface area contributed by atoms with Crippen LogP contribution in [0.1, 0.15) is 38.3 Å². The van der Waals surface area contributed by atoms with Crippen molar-refractivity contribution in [1.82, 2.24) is 10.3 Å². The molecular weight excluding hydrogens is 296 g/mol. The van der Waals surface area contributed by atoms with Gasteiger partial charge in [0.25, 0.3) is 0 Å². The molecule has 21 heavy (non-hydrogen) atoms. The largest absolute Gasteiger partial charge is 0.310 e. The SMILES string of the molecule is CCSc1ccc(-c2nc(CC)c(CNC(C)C)s2)cc1. The van der Waals surface area contributed by atoms with E-state index in [4.69, 9.17) is 4.98 Å². The lowest BCUT2D eigenvalue weighted by atomic mass is 10.2. The van der Waals surface area contributed by atoms with E-state index in [-0.39, 0.29) is 0 Å². The number of aryl methyl sites for hydroxylation is 1. The summed E-state index contributed by atoms with van der Waals surface area (Å²) in [6, 6.07) is 9.28. The van der Waals surface area contributed by atoms with Gasteiger partial charge in [-0.1, -0.05) is 39.8 Å². The third kappa shape index (κ3) is 4.56. The Bertz CT molecular complexity index is 559. The van der Waals surface area contributed by atoms with E-state index in [0.29, 0.717) is 6.04 Å². The highest BCUT2D eigenvalue weighted by atomic mass is 32.2. The molecule has 2 rings (SSSR count). The van der Waals surface area contributed by atoms with E-state index in [2.05, 4.69) is 57.3 Å². The molecule has 0 amide bonds. The fourth-order valence-electron chi connectivity index (χ4n) is 2.08. The van der Waals surface area contributed by atoms with Crippen LogP contribution in [0.5, 0.6) is 0 Å². The molecule has 0 unspecified atom stereocenters. The summed E-state index contributed by atoms with van der Waals surface area (Å²) in [6.07, 6.45) is 0.995. The maximum Gasteiger partial charge on any atom is 0.123 e. The lowest BCUT2D eigenvalue weighted by Crippen LogP contribution is -2.21. The molecule has 0 radical (unpaired) electrons. The number of nitrogens with zero attached hydrogens (tertiary/aromatic N) is 1. The van der Waals surface area contributed by atoms with E-state index in [1.165, 1.54) is 21.0 Å². The van der Waals surface area contributed by atoms with E-state index in [1.54, 1.807) is 0 Å². The van der Waals surface area contributed by atoms with Crippen LogP contribution < -0.4 is 5.32 Å². The molecule has 2 nitrogen and oxygen atoms in total. The summed E-state index contributed by atoms with van der Waals surface area (Å²) in [5, 5.41) is 4.63. The number of rotatable bonds is 7. The number of benzene rings is 1. The van der Waals surface area contributed by atoms with E-state index < -0.39 is 0 Å². The monoisotopic (exact) mass is 320 g/mol. The van der Waals surface area contributed by atoms with Gasteiger partial charge in [0.15, 0.2) is 0 Å². The van der Waals surface area contributed by atoms with Gasteiger partial charge in [-0.05, 0) is 24.3 Å². The molecule has 0 aliphatic carbocycles. The lowest BCUT2D eigenvalue weighted by Gasteiger charge is -2.06. The van der Waals surface area contributed by atoms with Gasteiger partial charge in [0.05, 0.1) is 5.69 Å². The molecule has 1 aromatic heterocycles. The van der Waals surface area contributed by atoms with Crippen molar-refractivity contribution in [2.75, 3.05) is 5.75 Å². The van der Waals surface area contributed by atoms with Crippen molar-refractivity contribution in [1.29, 1.82) is 0 Å². The van der Waals surface area contributed by atoms with Crippen LogP contribution >= 0.6 is 23.1 Å². The van der Waals surface area contributed by atoms with Crippen LogP contribution in [0.2, 0.25) is 0 Å². The van der Waals surface area contributed by atoms with Crippen molar-refractivity contribution < 1.29 is 0 Å². The van der Waals surface area contributed by atoms with Gasteiger partial charge in [0.1, 0.15) is 5.01 Å². The first-order chi connectivity index (χ1) is 10.1. The average Bonchev–Trinajstić information content (AvgIpc) is 2.89. The minimum absolute atomic E-state index is 0.505. The Morgan fingerprint density at radius 3 is 2.48 bits per heavy atom. The molecule has 114 valence electrons. The van der Waals surface area contributed by atoms with Crippen LogP contribution in [0.3, 0.4) is 0 Å².